The van der Waals surface area contributed by atoms with Crippen LogP contribution in [-0.2, 0) is 4.74 Å². The molecule has 0 spiro atoms. The summed E-state index contributed by atoms with van der Waals surface area (Å²) in [7, 11) is 0. The molecule has 0 amide bonds. The maximum atomic E-state index is 8.79. The second-order valence-corrected chi connectivity index (χ2v) is 2.11. The van der Waals surface area contributed by atoms with Gasteiger partial charge in [0, 0.05) is 0 Å². The van der Waals surface area contributed by atoms with E-state index in [0.29, 0.717) is 0 Å². The first-order valence-electron chi connectivity index (χ1n) is 3.23. The molecular weight excluding hydrogens is 132 g/mol. The van der Waals surface area contributed by atoms with E-state index >= 15 is 0 Å². The van der Waals surface area contributed by atoms with Crippen LogP contribution in [0.15, 0.2) is 12.7 Å². The Labute approximate surface area is 60.9 Å². The van der Waals surface area contributed by atoms with Gasteiger partial charge in [0.1, 0.15) is 6.10 Å². The first-order chi connectivity index (χ1) is 4.70. The number of hydrogen-bond donors (Lipinski definition) is 2. The van der Waals surface area contributed by atoms with Crippen LogP contribution in [0.5, 0.6) is 0 Å². The van der Waals surface area contributed by atoms with E-state index in [1.807, 2.05) is 6.92 Å². The van der Waals surface area contributed by atoms with Crippen molar-refractivity contribution in [1.82, 2.24) is 0 Å². The summed E-state index contributed by atoms with van der Waals surface area (Å²) in [6.07, 6.45) is 0.785. The molecule has 3 heteroatoms. The van der Waals surface area contributed by atoms with Crippen molar-refractivity contribution >= 4 is 0 Å². The lowest BCUT2D eigenvalue weighted by Gasteiger charge is -2.10. The molecule has 0 aliphatic heterocycles. The molecule has 0 aliphatic carbocycles. The number of aliphatic hydroxyl groups excluding tert-OH is 2. The van der Waals surface area contributed by atoms with Crippen LogP contribution in [0, 0.1) is 0 Å². The lowest BCUT2D eigenvalue weighted by Crippen LogP contribution is -2.21. The predicted octanol–water partition coefficient (Wildman–Crippen LogP) is -0.0693. The molecule has 0 saturated heterocycles. The summed E-state index contributed by atoms with van der Waals surface area (Å²) < 4.78 is 5.02. The summed E-state index contributed by atoms with van der Waals surface area (Å²) in [6.45, 7) is 5.21. The van der Waals surface area contributed by atoms with E-state index in [4.69, 9.17) is 14.9 Å². The van der Waals surface area contributed by atoms with Crippen molar-refractivity contribution in [3.05, 3.63) is 12.7 Å². The SMILES string of the molecule is C=C[C@@H](C)OC[C@H](O)CO. The molecule has 0 aromatic rings. The Hall–Kier alpha value is -0.380. The Bertz CT molecular complexity index is 92.9. The molecule has 2 atom stereocenters. The third-order valence-electron chi connectivity index (χ3n) is 1.09. The second kappa shape index (κ2) is 5.41. The molecule has 0 unspecified atom stereocenters. The minimum atomic E-state index is -0.776. The number of aliphatic hydroxyl groups is 2. The van der Waals surface area contributed by atoms with Gasteiger partial charge in [-0.1, -0.05) is 6.08 Å². The molecule has 0 saturated carbocycles. The van der Waals surface area contributed by atoms with Crippen LogP contribution >= 0.6 is 0 Å². The van der Waals surface area contributed by atoms with Crippen LogP contribution < -0.4 is 0 Å². The zero-order valence-electron chi connectivity index (χ0n) is 6.16. The average molecular weight is 146 g/mol. The number of ether oxygens (including phenoxy) is 1. The summed E-state index contributed by atoms with van der Waals surface area (Å²) in [6, 6.07) is 0. The third kappa shape index (κ3) is 4.49. The predicted molar refractivity (Wildman–Crippen MR) is 38.7 cm³/mol. The minimum absolute atomic E-state index is 0.0683. The van der Waals surface area contributed by atoms with Gasteiger partial charge in [0.15, 0.2) is 0 Å². The van der Waals surface area contributed by atoms with Crippen molar-refractivity contribution in [1.29, 1.82) is 0 Å². The van der Waals surface area contributed by atoms with Gasteiger partial charge >= 0.3 is 0 Å². The molecule has 2 N–H and O–H groups in total. The van der Waals surface area contributed by atoms with E-state index in [-0.39, 0.29) is 19.3 Å². The molecule has 0 fully saturated rings. The van der Waals surface area contributed by atoms with Crippen molar-refractivity contribution in [3.8, 4) is 0 Å². The molecule has 0 aliphatic rings. The molecular formula is C7H14O3. The molecule has 0 rings (SSSR count). The molecule has 10 heavy (non-hydrogen) atoms. The Kier molecular flexibility index (Phi) is 5.20. The van der Waals surface area contributed by atoms with Crippen molar-refractivity contribution in [2.75, 3.05) is 13.2 Å². The Morgan fingerprint density at radius 3 is 2.70 bits per heavy atom. The fraction of sp³-hybridized carbons (Fsp3) is 0.714. The summed E-state index contributed by atoms with van der Waals surface area (Å²) in [5.74, 6) is 0. The normalized spacial score (nSPS) is 16.3. The molecule has 0 aromatic heterocycles. The lowest BCUT2D eigenvalue weighted by atomic mass is 10.4. The van der Waals surface area contributed by atoms with E-state index in [9.17, 15) is 0 Å². The zero-order chi connectivity index (χ0) is 7.98. The van der Waals surface area contributed by atoms with Crippen molar-refractivity contribution in [3.63, 3.8) is 0 Å². The maximum absolute atomic E-state index is 8.79. The highest BCUT2D eigenvalue weighted by Crippen LogP contribution is 1.92. The molecule has 0 bridgehead atoms. The van der Waals surface area contributed by atoms with Crippen LogP contribution in [0.2, 0.25) is 0 Å². The highest BCUT2D eigenvalue weighted by atomic mass is 16.5. The summed E-state index contributed by atoms with van der Waals surface area (Å²) >= 11 is 0. The van der Waals surface area contributed by atoms with Gasteiger partial charge in [-0.25, -0.2) is 0 Å². The second-order valence-electron chi connectivity index (χ2n) is 2.11. The summed E-state index contributed by atoms with van der Waals surface area (Å²) in [4.78, 5) is 0. The fourth-order valence-electron chi connectivity index (χ4n) is 0.384. The van der Waals surface area contributed by atoms with Gasteiger partial charge in [-0.3, -0.25) is 0 Å². The standard InChI is InChI=1S/C7H14O3/c1-3-6(2)10-5-7(9)4-8/h3,6-9H,1,4-5H2,2H3/t6-,7-/m1/s1. The van der Waals surface area contributed by atoms with Crippen molar-refractivity contribution < 1.29 is 14.9 Å². The molecule has 0 heterocycles. The Morgan fingerprint density at radius 2 is 2.30 bits per heavy atom. The smallest absolute Gasteiger partial charge is 0.100 e. The highest BCUT2D eigenvalue weighted by molar-refractivity contribution is 4.75. The summed E-state index contributed by atoms with van der Waals surface area (Å²) in [5, 5.41) is 17.2. The van der Waals surface area contributed by atoms with E-state index in [2.05, 4.69) is 6.58 Å². The highest BCUT2D eigenvalue weighted by Gasteiger charge is 2.02. The molecule has 0 aromatic carbocycles. The maximum Gasteiger partial charge on any atom is 0.100 e. The van der Waals surface area contributed by atoms with E-state index in [0.717, 1.165) is 0 Å². The number of hydrogen-bond acceptors (Lipinski definition) is 3. The van der Waals surface area contributed by atoms with Gasteiger partial charge in [0.25, 0.3) is 0 Å². The van der Waals surface area contributed by atoms with E-state index in [1.165, 1.54) is 0 Å². The van der Waals surface area contributed by atoms with Gasteiger partial charge < -0.3 is 14.9 Å². The molecule has 3 nitrogen and oxygen atoms in total. The monoisotopic (exact) mass is 146 g/mol. The van der Waals surface area contributed by atoms with E-state index in [1.54, 1.807) is 6.08 Å². The fourth-order valence-corrected chi connectivity index (χ4v) is 0.384. The van der Waals surface area contributed by atoms with Crippen LogP contribution in [0.3, 0.4) is 0 Å². The first kappa shape index (κ1) is 9.62. The van der Waals surface area contributed by atoms with Gasteiger partial charge in [0.05, 0.1) is 19.3 Å². The topological polar surface area (TPSA) is 49.7 Å². The summed E-state index contributed by atoms with van der Waals surface area (Å²) in [5.41, 5.74) is 0. The van der Waals surface area contributed by atoms with Gasteiger partial charge in [0.2, 0.25) is 0 Å². The molecule has 60 valence electrons. The van der Waals surface area contributed by atoms with Crippen molar-refractivity contribution in [2.24, 2.45) is 0 Å². The van der Waals surface area contributed by atoms with Crippen LogP contribution in [0.4, 0.5) is 0 Å². The zero-order valence-corrected chi connectivity index (χ0v) is 6.16. The van der Waals surface area contributed by atoms with Crippen LogP contribution in [0.25, 0.3) is 0 Å². The van der Waals surface area contributed by atoms with Gasteiger partial charge in [-0.05, 0) is 6.92 Å². The minimum Gasteiger partial charge on any atom is -0.394 e. The van der Waals surface area contributed by atoms with Crippen LogP contribution in [0.1, 0.15) is 6.92 Å². The largest absolute Gasteiger partial charge is 0.394 e. The van der Waals surface area contributed by atoms with Gasteiger partial charge in [-0.15, -0.1) is 6.58 Å². The average Bonchev–Trinajstić information content (AvgIpc) is 1.99. The third-order valence-corrected chi connectivity index (χ3v) is 1.09. The van der Waals surface area contributed by atoms with Crippen molar-refractivity contribution in [2.45, 2.75) is 19.1 Å². The molecule has 0 radical (unpaired) electrons. The lowest BCUT2D eigenvalue weighted by molar-refractivity contribution is -0.00863. The number of rotatable bonds is 5. The van der Waals surface area contributed by atoms with E-state index < -0.39 is 6.10 Å². The quantitative estimate of drug-likeness (QED) is 0.534. The Balaban J connectivity index is 3.25. The first-order valence-corrected chi connectivity index (χ1v) is 3.23. The van der Waals surface area contributed by atoms with Gasteiger partial charge in [-0.2, -0.15) is 0 Å². The van der Waals surface area contributed by atoms with Crippen LogP contribution in [-0.4, -0.2) is 35.6 Å². The Morgan fingerprint density at radius 1 is 1.70 bits per heavy atom.